The molecule has 27 heavy (non-hydrogen) atoms. The zero-order valence-electron chi connectivity index (χ0n) is 15.3. The van der Waals surface area contributed by atoms with Gasteiger partial charge in [0.15, 0.2) is 17.6 Å². The minimum absolute atomic E-state index is 0.0255. The summed E-state index contributed by atoms with van der Waals surface area (Å²) in [5.74, 6) is 1.82. The first kappa shape index (κ1) is 16.6. The second kappa shape index (κ2) is 6.57. The molecule has 1 spiro atoms. The van der Waals surface area contributed by atoms with E-state index in [9.17, 15) is 4.79 Å². The summed E-state index contributed by atoms with van der Waals surface area (Å²) in [6, 6.07) is 16.4. The molecular weight excluding hydrogens is 340 g/mol. The fourth-order valence-corrected chi connectivity index (χ4v) is 4.45. The average Bonchev–Trinajstić information content (AvgIpc) is 3.27. The summed E-state index contributed by atoms with van der Waals surface area (Å²) in [5, 5.41) is 3.19. The molecule has 5 heteroatoms. The van der Waals surface area contributed by atoms with E-state index in [1.807, 2.05) is 24.3 Å². The molecule has 5 nitrogen and oxygen atoms in total. The highest BCUT2D eigenvalue weighted by atomic mass is 16.6. The number of ether oxygens (including phenoxy) is 2. The molecule has 140 valence electrons. The van der Waals surface area contributed by atoms with Gasteiger partial charge >= 0.3 is 0 Å². The van der Waals surface area contributed by atoms with Gasteiger partial charge in [0.2, 0.25) is 5.91 Å². The monoisotopic (exact) mass is 364 g/mol. The molecule has 0 radical (unpaired) electrons. The number of hydrogen-bond donors (Lipinski definition) is 1. The minimum Gasteiger partial charge on any atom is -0.485 e. The number of carbonyl (C=O) groups is 1. The summed E-state index contributed by atoms with van der Waals surface area (Å²) in [5.41, 5.74) is 2.45. The molecular formula is C22H24N2O3. The summed E-state index contributed by atoms with van der Waals surface area (Å²) < 4.78 is 11.9. The molecule has 2 aromatic rings. The number of rotatable bonds is 3. The molecule has 2 fully saturated rings. The highest BCUT2D eigenvalue weighted by Crippen LogP contribution is 2.36. The number of fused-ring (bicyclic) bond motifs is 1. The summed E-state index contributed by atoms with van der Waals surface area (Å²) in [4.78, 5) is 14.0. The summed E-state index contributed by atoms with van der Waals surface area (Å²) in [7, 11) is 0. The van der Waals surface area contributed by atoms with Crippen LogP contribution in [0, 0.1) is 0 Å². The summed E-state index contributed by atoms with van der Waals surface area (Å²) >= 11 is 0. The fourth-order valence-electron chi connectivity index (χ4n) is 4.45. The molecule has 2 saturated heterocycles. The van der Waals surface area contributed by atoms with Gasteiger partial charge in [0.05, 0.1) is 5.54 Å². The van der Waals surface area contributed by atoms with Crippen molar-refractivity contribution in [3.8, 4) is 11.5 Å². The Morgan fingerprint density at radius 1 is 1.07 bits per heavy atom. The molecule has 5 rings (SSSR count). The van der Waals surface area contributed by atoms with Gasteiger partial charge in [-0.15, -0.1) is 0 Å². The Bertz CT molecular complexity index is 851. The van der Waals surface area contributed by atoms with E-state index in [2.05, 4.69) is 34.5 Å². The van der Waals surface area contributed by atoms with Crippen LogP contribution in [0.25, 0.3) is 0 Å². The third kappa shape index (κ3) is 3.28. The topological polar surface area (TPSA) is 50.8 Å². The molecule has 2 aromatic carbocycles. The molecule has 1 N–H and O–H groups in total. The zero-order chi connectivity index (χ0) is 18.3. The Balaban J connectivity index is 1.22. The van der Waals surface area contributed by atoms with Crippen molar-refractivity contribution >= 4 is 5.91 Å². The third-order valence-corrected chi connectivity index (χ3v) is 5.93. The fraction of sp³-hybridized carbons (Fsp3) is 0.409. The van der Waals surface area contributed by atoms with Gasteiger partial charge in [-0.3, -0.25) is 9.69 Å². The quantitative estimate of drug-likeness (QED) is 0.910. The van der Waals surface area contributed by atoms with Crippen LogP contribution in [0.15, 0.2) is 48.5 Å². The van der Waals surface area contributed by atoms with Crippen molar-refractivity contribution in [2.75, 3.05) is 19.7 Å². The normalized spacial score (nSPS) is 27.1. The highest BCUT2D eigenvalue weighted by Gasteiger charge is 2.42. The number of benzene rings is 2. The van der Waals surface area contributed by atoms with Gasteiger partial charge in [-0.1, -0.05) is 36.4 Å². The Labute approximate surface area is 159 Å². The minimum atomic E-state index is -0.0716. The van der Waals surface area contributed by atoms with Crippen molar-refractivity contribution < 1.29 is 14.3 Å². The first-order valence-electron chi connectivity index (χ1n) is 9.70. The van der Waals surface area contributed by atoms with Crippen LogP contribution < -0.4 is 14.8 Å². The van der Waals surface area contributed by atoms with Gasteiger partial charge in [-0.2, -0.15) is 0 Å². The first-order chi connectivity index (χ1) is 13.2. The predicted octanol–water partition coefficient (Wildman–Crippen LogP) is 3.05. The number of para-hydroxylation sites is 2. The second-order valence-corrected chi connectivity index (χ2v) is 7.89. The Kier molecular flexibility index (Phi) is 4.05. The molecule has 0 bridgehead atoms. The molecule has 2 atom stereocenters. The number of amides is 1. The third-order valence-electron chi connectivity index (χ3n) is 5.93. The lowest BCUT2D eigenvalue weighted by Crippen LogP contribution is -2.43. The smallest absolute Gasteiger partial charge is 0.220 e. The van der Waals surface area contributed by atoms with Crippen molar-refractivity contribution in [2.45, 2.75) is 37.5 Å². The van der Waals surface area contributed by atoms with Crippen LogP contribution in [0.4, 0.5) is 0 Å². The molecule has 0 aromatic heterocycles. The van der Waals surface area contributed by atoms with E-state index in [0.717, 1.165) is 49.5 Å². The Morgan fingerprint density at radius 2 is 1.89 bits per heavy atom. The maximum absolute atomic E-state index is 11.6. The maximum Gasteiger partial charge on any atom is 0.220 e. The van der Waals surface area contributed by atoms with Crippen LogP contribution in [0.2, 0.25) is 0 Å². The van der Waals surface area contributed by atoms with Gasteiger partial charge in [0, 0.05) is 26.1 Å². The molecule has 3 heterocycles. The van der Waals surface area contributed by atoms with Gasteiger partial charge in [-0.25, -0.2) is 0 Å². The number of likely N-dealkylation sites (tertiary alicyclic amines) is 1. The summed E-state index contributed by atoms with van der Waals surface area (Å²) in [6.45, 7) is 3.45. The standard InChI is InChI=1S/C22H24N2O3/c25-21-9-10-22(23-21)11-12-24(15-22)13-16-5-7-17(8-6-16)20-14-26-18-3-1-2-4-19(18)27-20/h1-8,20H,9-15H2,(H,23,25). The highest BCUT2D eigenvalue weighted by molar-refractivity contribution is 5.79. The second-order valence-electron chi connectivity index (χ2n) is 7.89. The number of hydrogen-bond acceptors (Lipinski definition) is 4. The van der Waals surface area contributed by atoms with Crippen molar-refractivity contribution in [1.82, 2.24) is 10.2 Å². The summed E-state index contributed by atoms with van der Waals surface area (Å²) in [6.07, 6.45) is 2.64. The van der Waals surface area contributed by atoms with Crippen LogP contribution in [0.3, 0.4) is 0 Å². The van der Waals surface area contributed by atoms with Crippen LogP contribution in [0.5, 0.6) is 11.5 Å². The van der Waals surface area contributed by atoms with Crippen LogP contribution in [0.1, 0.15) is 36.5 Å². The number of carbonyl (C=O) groups excluding carboxylic acids is 1. The van der Waals surface area contributed by atoms with Crippen molar-refractivity contribution in [3.05, 3.63) is 59.7 Å². The van der Waals surface area contributed by atoms with E-state index in [-0.39, 0.29) is 17.6 Å². The molecule has 0 saturated carbocycles. The first-order valence-corrected chi connectivity index (χ1v) is 9.70. The van der Waals surface area contributed by atoms with Gasteiger partial charge in [0.1, 0.15) is 6.61 Å². The van der Waals surface area contributed by atoms with E-state index < -0.39 is 0 Å². The number of nitrogens with one attached hydrogen (secondary N) is 1. The van der Waals surface area contributed by atoms with Crippen molar-refractivity contribution in [3.63, 3.8) is 0 Å². The maximum atomic E-state index is 11.6. The lowest BCUT2D eigenvalue weighted by molar-refractivity contribution is -0.119. The van der Waals surface area contributed by atoms with Crippen LogP contribution in [-0.4, -0.2) is 36.0 Å². The zero-order valence-corrected chi connectivity index (χ0v) is 15.3. The van der Waals surface area contributed by atoms with Crippen LogP contribution >= 0.6 is 0 Å². The van der Waals surface area contributed by atoms with E-state index in [1.54, 1.807) is 0 Å². The van der Waals surface area contributed by atoms with E-state index in [1.165, 1.54) is 5.56 Å². The largest absolute Gasteiger partial charge is 0.485 e. The lowest BCUT2D eigenvalue weighted by Gasteiger charge is -2.27. The van der Waals surface area contributed by atoms with Gasteiger partial charge in [-0.05, 0) is 36.1 Å². The van der Waals surface area contributed by atoms with Gasteiger partial charge in [0.25, 0.3) is 0 Å². The average molecular weight is 364 g/mol. The van der Waals surface area contributed by atoms with Gasteiger partial charge < -0.3 is 14.8 Å². The SMILES string of the molecule is O=C1CCC2(CCN(Cc3ccc(C4COc5ccccc5O4)cc3)C2)N1. The molecule has 0 aliphatic carbocycles. The van der Waals surface area contributed by atoms with Crippen molar-refractivity contribution in [1.29, 1.82) is 0 Å². The number of nitrogens with zero attached hydrogens (tertiary/aromatic N) is 1. The predicted molar refractivity (Wildman–Crippen MR) is 102 cm³/mol. The van der Waals surface area contributed by atoms with Crippen molar-refractivity contribution in [2.24, 2.45) is 0 Å². The Morgan fingerprint density at radius 3 is 2.67 bits per heavy atom. The van der Waals surface area contributed by atoms with E-state index in [4.69, 9.17) is 9.47 Å². The Hall–Kier alpha value is -2.53. The van der Waals surface area contributed by atoms with E-state index >= 15 is 0 Å². The molecule has 3 aliphatic rings. The lowest BCUT2D eigenvalue weighted by atomic mass is 9.97. The molecule has 1 amide bonds. The molecule has 3 aliphatic heterocycles. The van der Waals surface area contributed by atoms with Crippen LogP contribution in [-0.2, 0) is 11.3 Å². The van der Waals surface area contributed by atoms with E-state index in [0.29, 0.717) is 13.0 Å². The molecule has 2 unspecified atom stereocenters.